The lowest BCUT2D eigenvalue weighted by Gasteiger charge is -2.16. The lowest BCUT2D eigenvalue weighted by atomic mass is 9.98. The summed E-state index contributed by atoms with van der Waals surface area (Å²) in [6.45, 7) is 0. The number of rotatable bonds is 3. The highest BCUT2D eigenvalue weighted by molar-refractivity contribution is 9.10. The first-order valence-electron chi connectivity index (χ1n) is 5.56. The number of benzene rings is 2. The van der Waals surface area contributed by atoms with Crippen LogP contribution in [0.3, 0.4) is 0 Å². The van der Waals surface area contributed by atoms with E-state index in [-0.39, 0.29) is 6.04 Å². The van der Waals surface area contributed by atoms with Crippen LogP contribution in [0.4, 0.5) is 5.69 Å². The van der Waals surface area contributed by atoms with Crippen LogP contribution in [0, 0.1) is 0 Å². The lowest BCUT2D eigenvalue weighted by molar-refractivity contribution is 0.407. The van der Waals surface area contributed by atoms with E-state index in [1.807, 2.05) is 42.5 Å². The molecule has 18 heavy (non-hydrogen) atoms. The van der Waals surface area contributed by atoms with Gasteiger partial charge >= 0.3 is 0 Å². The van der Waals surface area contributed by atoms with Gasteiger partial charge in [0, 0.05) is 15.7 Å². The number of methoxy groups -OCH3 is 1. The van der Waals surface area contributed by atoms with Gasteiger partial charge in [0.25, 0.3) is 0 Å². The van der Waals surface area contributed by atoms with Crippen LogP contribution in [-0.4, -0.2) is 7.11 Å². The molecule has 94 valence electrons. The Morgan fingerprint density at radius 2 is 1.78 bits per heavy atom. The molecule has 0 saturated carbocycles. The van der Waals surface area contributed by atoms with Crippen molar-refractivity contribution in [2.75, 3.05) is 12.8 Å². The Morgan fingerprint density at radius 3 is 2.39 bits per heavy atom. The lowest BCUT2D eigenvalue weighted by Crippen LogP contribution is -2.13. The normalized spacial score (nSPS) is 12.2. The maximum Gasteiger partial charge on any atom is 0.124 e. The summed E-state index contributed by atoms with van der Waals surface area (Å²) >= 11 is 3.45. The van der Waals surface area contributed by atoms with Crippen LogP contribution < -0.4 is 16.2 Å². The Kier molecular flexibility index (Phi) is 3.89. The van der Waals surface area contributed by atoms with E-state index < -0.39 is 0 Å². The molecule has 0 amide bonds. The minimum atomic E-state index is -0.238. The Bertz CT molecular complexity index is 540. The molecule has 0 bridgehead atoms. The summed E-state index contributed by atoms with van der Waals surface area (Å²) in [6, 6.07) is 13.1. The summed E-state index contributed by atoms with van der Waals surface area (Å²) in [6.07, 6.45) is 0. The van der Waals surface area contributed by atoms with Gasteiger partial charge in [-0.1, -0.05) is 28.1 Å². The van der Waals surface area contributed by atoms with Gasteiger partial charge in [-0.15, -0.1) is 0 Å². The Morgan fingerprint density at radius 1 is 1.11 bits per heavy atom. The fourth-order valence-electron chi connectivity index (χ4n) is 1.83. The van der Waals surface area contributed by atoms with Crippen molar-refractivity contribution in [2.24, 2.45) is 5.73 Å². The zero-order valence-electron chi connectivity index (χ0n) is 10.1. The van der Waals surface area contributed by atoms with Gasteiger partial charge in [-0.3, -0.25) is 0 Å². The summed E-state index contributed by atoms with van der Waals surface area (Å²) in [7, 11) is 1.64. The van der Waals surface area contributed by atoms with Crippen molar-refractivity contribution in [3.8, 4) is 5.75 Å². The Hall–Kier alpha value is -1.52. The summed E-state index contributed by atoms with van der Waals surface area (Å²) in [4.78, 5) is 0. The minimum Gasteiger partial charge on any atom is -0.496 e. The summed E-state index contributed by atoms with van der Waals surface area (Å²) in [5.74, 6) is 0.780. The van der Waals surface area contributed by atoms with Gasteiger partial charge in [-0.2, -0.15) is 0 Å². The van der Waals surface area contributed by atoms with Crippen molar-refractivity contribution in [1.29, 1.82) is 0 Å². The molecule has 0 saturated heterocycles. The first-order valence-corrected chi connectivity index (χ1v) is 6.35. The zero-order chi connectivity index (χ0) is 13.1. The minimum absolute atomic E-state index is 0.238. The van der Waals surface area contributed by atoms with Gasteiger partial charge in [-0.25, -0.2) is 0 Å². The molecule has 0 fully saturated rings. The van der Waals surface area contributed by atoms with E-state index in [1.54, 1.807) is 7.11 Å². The van der Waals surface area contributed by atoms with E-state index in [2.05, 4.69) is 15.9 Å². The van der Waals surface area contributed by atoms with Crippen LogP contribution in [0.15, 0.2) is 46.9 Å². The van der Waals surface area contributed by atoms with E-state index in [9.17, 15) is 0 Å². The first-order chi connectivity index (χ1) is 8.61. The van der Waals surface area contributed by atoms with Crippen LogP contribution >= 0.6 is 15.9 Å². The third kappa shape index (κ3) is 2.66. The fourth-order valence-corrected chi connectivity index (χ4v) is 2.21. The molecule has 0 radical (unpaired) electrons. The van der Waals surface area contributed by atoms with Gasteiger partial charge in [0.1, 0.15) is 5.75 Å². The average Bonchev–Trinajstić information content (AvgIpc) is 2.39. The quantitative estimate of drug-likeness (QED) is 0.857. The van der Waals surface area contributed by atoms with Gasteiger partial charge in [0.2, 0.25) is 0 Å². The summed E-state index contributed by atoms with van der Waals surface area (Å²) < 4.78 is 6.32. The number of nitrogens with two attached hydrogens (primary N) is 2. The molecule has 4 heteroatoms. The molecule has 2 aromatic rings. The molecule has 1 atom stereocenters. The SMILES string of the molecule is COc1ccc(Br)cc1C(N)c1ccc(N)cc1. The number of anilines is 1. The second-order valence-electron chi connectivity index (χ2n) is 4.03. The second-order valence-corrected chi connectivity index (χ2v) is 4.95. The van der Waals surface area contributed by atoms with Crippen molar-refractivity contribution >= 4 is 21.6 Å². The number of ether oxygens (including phenoxy) is 1. The molecule has 3 nitrogen and oxygen atoms in total. The largest absolute Gasteiger partial charge is 0.496 e. The molecular weight excluding hydrogens is 292 g/mol. The molecule has 0 aliphatic rings. The number of hydrogen-bond donors (Lipinski definition) is 2. The van der Waals surface area contributed by atoms with Gasteiger partial charge in [0.05, 0.1) is 13.2 Å². The molecule has 0 aliphatic carbocycles. The third-order valence-corrected chi connectivity index (χ3v) is 3.32. The van der Waals surface area contributed by atoms with Crippen LogP contribution in [0.5, 0.6) is 5.75 Å². The highest BCUT2D eigenvalue weighted by Crippen LogP contribution is 2.31. The monoisotopic (exact) mass is 306 g/mol. The van der Waals surface area contributed by atoms with E-state index >= 15 is 0 Å². The third-order valence-electron chi connectivity index (χ3n) is 2.82. The molecule has 0 spiro atoms. The maximum atomic E-state index is 6.27. The predicted molar refractivity (Wildman–Crippen MR) is 77.6 cm³/mol. The standard InChI is InChI=1S/C14H15BrN2O/c1-18-13-7-4-10(15)8-12(13)14(17)9-2-5-11(16)6-3-9/h2-8,14H,16-17H2,1H3. The van der Waals surface area contributed by atoms with Crippen molar-refractivity contribution in [2.45, 2.75) is 6.04 Å². The van der Waals surface area contributed by atoms with Gasteiger partial charge in [-0.05, 0) is 35.9 Å². The van der Waals surface area contributed by atoms with Crippen molar-refractivity contribution in [1.82, 2.24) is 0 Å². The summed E-state index contributed by atoms with van der Waals surface area (Å²) in [5, 5.41) is 0. The molecule has 2 rings (SSSR count). The van der Waals surface area contributed by atoms with E-state index in [0.717, 1.165) is 27.0 Å². The average molecular weight is 307 g/mol. The van der Waals surface area contributed by atoms with Gasteiger partial charge in [0.15, 0.2) is 0 Å². The van der Waals surface area contributed by atoms with Crippen LogP contribution in [-0.2, 0) is 0 Å². The summed E-state index contributed by atoms with van der Waals surface area (Å²) in [5.41, 5.74) is 14.6. The topological polar surface area (TPSA) is 61.3 Å². The predicted octanol–water partition coefficient (Wildman–Crippen LogP) is 3.09. The maximum absolute atomic E-state index is 6.27. The van der Waals surface area contributed by atoms with Gasteiger partial charge < -0.3 is 16.2 Å². The molecule has 2 aromatic carbocycles. The zero-order valence-corrected chi connectivity index (χ0v) is 11.6. The van der Waals surface area contributed by atoms with Crippen LogP contribution in [0.2, 0.25) is 0 Å². The number of halogens is 1. The Labute approximate surface area is 115 Å². The Balaban J connectivity index is 2.41. The first kappa shape index (κ1) is 12.9. The molecule has 4 N–H and O–H groups in total. The van der Waals surface area contributed by atoms with Crippen molar-refractivity contribution < 1.29 is 4.74 Å². The smallest absolute Gasteiger partial charge is 0.124 e. The van der Waals surface area contributed by atoms with E-state index in [4.69, 9.17) is 16.2 Å². The fraction of sp³-hybridized carbons (Fsp3) is 0.143. The van der Waals surface area contributed by atoms with Crippen LogP contribution in [0.25, 0.3) is 0 Å². The second kappa shape index (κ2) is 5.42. The molecule has 0 aromatic heterocycles. The van der Waals surface area contributed by atoms with Crippen molar-refractivity contribution in [3.63, 3.8) is 0 Å². The van der Waals surface area contributed by atoms with Crippen LogP contribution in [0.1, 0.15) is 17.2 Å². The van der Waals surface area contributed by atoms with E-state index in [1.165, 1.54) is 0 Å². The number of hydrogen-bond acceptors (Lipinski definition) is 3. The molecule has 0 aliphatic heterocycles. The molecule has 0 heterocycles. The molecule has 1 unspecified atom stereocenters. The number of nitrogen functional groups attached to an aromatic ring is 1. The molecular formula is C14H15BrN2O. The van der Waals surface area contributed by atoms with E-state index in [0.29, 0.717) is 0 Å². The highest BCUT2D eigenvalue weighted by atomic mass is 79.9. The highest BCUT2D eigenvalue weighted by Gasteiger charge is 2.14. The van der Waals surface area contributed by atoms with Crippen molar-refractivity contribution in [3.05, 3.63) is 58.1 Å².